The van der Waals surface area contributed by atoms with Gasteiger partial charge in [0, 0.05) is 6.08 Å². The van der Waals surface area contributed by atoms with Crippen molar-refractivity contribution < 1.29 is 9.90 Å². The minimum absolute atomic E-state index is 0.157. The highest BCUT2D eigenvalue weighted by Gasteiger charge is 2.14. The van der Waals surface area contributed by atoms with Crippen molar-refractivity contribution in [3.63, 3.8) is 0 Å². The summed E-state index contributed by atoms with van der Waals surface area (Å²) in [5, 5.41) is 13.2. The smallest absolute Gasteiger partial charge is 0.244 e. The Morgan fingerprint density at radius 3 is 1.90 bits per heavy atom. The summed E-state index contributed by atoms with van der Waals surface area (Å²) in [7, 11) is 0. The predicted molar refractivity (Wildman–Crippen MR) is 129 cm³/mol. The van der Waals surface area contributed by atoms with Crippen molar-refractivity contribution in [3.8, 4) is 0 Å². The lowest BCUT2D eigenvalue weighted by atomic mass is 10.0. The van der Waals surface area contributed by atoms with Gasteiger partial charge in [0.05, 0.1) is 12.1 Å². The molecule has 3 nitrogen and oxygen atoms in total. The molecule has 1 rings (SSSR count). The van der Waals surface area contributed by atoms with Crippen molar-refractivity contribution in [2.45, 2.75) is 116 Å². The second-order valence-electron chi connectivity index (χ2n) is 8.64. The predicted octanol–water partition coefficient (Wildman–Crippen LogP) is 7.05. The Morgan fingerprint density at radius 2 is 1.37 bits per heavy atom. The van der Waals surface area contributed by atoms with Crippen molar-refractivity contribution in [3.05, 3.63) is 42.0 Å². The molecule has 3 heteroatoms. The van der Waals surface area contributed by atoms with Crippen LogP contribution in [0.5, 0.6) is 0 Å². The SMILES string of the molecule is CCCCCCCCCCCCCCC[C@@H](O)[C@H](C)NC(=O)C=Cc1ccccc1. The lowest BCUT2D eigenvalue weighted by Gasteiger charge is -2.19. The van der Waals surface area contributed by atoms with E-state index in [1.54, 1.807) is 6.08 Å². The standard InChI is InChI=1S/C27H45NO2/c1-3-4-5-6-7-8-9-10-11-12-13-14-18-21-26(29)24(2)28-27(30)23-22-25-19-16-15-17-20-25/h15-17,19-20,22-24,26,29H,3-14,18,21H2,1-2H3,(H,28,30)/t24-,26+/m0/s1. The fourth-order valence-electron chi connectivity index (χ4n) is 3.73. The lowest BCUT2D eigenvalue weighted by Crippen LogP contribution is -2.40. The summed E-state index contributed by atoms with van der Waals surface area (Å²) >= 11 is 0. The van der Waals surface area contributed by atoms with Crippen LogP contribution in [0.3, 0.4) is 0 Å². The minimum atomic E-state index is -0.480. The molecule has 0 fully saturated rings. The van der Waals surface area contributed by atoms with Crippen LogP contribution >= 0.6 is 0 Å². The van der Waals surface area contributed by atoms with Crippen molar-refractivity contribution in [1.82, 2.24) is 5.32 Å². The molecule has 1 aromatic rings. The van der Waals surface area contributed by atoms with Crippen molar-refractivity contribution in [2.75, 3.05) is 0 Å². The number of aliphatic hydroxyl groups excluding tert-OH is 1. The number of nitrogens with one attached hydrogen (secondary N) is 1. The van der Waals surface area contributed by atoms with Gasteiger partial charge in [-0.15, -0.1) is 0 Å². The highest BCUT2D eigenvalue weighted by atomic mass is 16.3. The Bertz CT molecular complexity index is 555. The average Bonchev–Trinajstić information content (AvgIpc) is 2.76. The Labute approximate surface area is 185 Å². The molecule has 0 radical (unpaired) electrons. The topological polar surface area (TPSA) is 49.3 Å². The van der Waals surface area contributed by atoms with Crippen LogP contribution < -0.4 is 5.32 Å². The van der Waals surface area contributed by atoms with Crippen LogP contribution in [-0.2, 0) is 4.79 Å². The highest BCUT2D eigenvalue weighted by molar-refractivity contribution is 5.91. The maximum absolute atomic E-state index is 12.0. The van der Waals surface area contributed by atoms with E-state index < -0.39 is 6.10 Å². The number of hydrogen-bond donors (Lipinski definition) is 2. The van der Waals surface area contributed by atoms with Gasteiger partial charge in [0.1, 0.15) is 0 Å². The summed E-state index contributed by atoms with van der Waals surface area (Å²) in [5.74, 6) is -0.157. The van der Waals surface area contributed by atoms with Crippen molar-refractivity contribution in [2.24, 2.45) is 0 Å². The second-order valence-corrected chi connectivity index (χ2v) is 8.64. The van der Waals surface area contributed by atoms with Gasteiger partial charge in [0.2, 0.25) is 5.91 Å². The summed E-state index contributed by atoms with van der Waals surface area (Å²) in [4.78, 5) is 12.0. The van der Waals surface area contributed by atoms with Gasteiger partial charge in [-0.3, -0.25) is 4.79 Å². The van der Waals surface area contributed by atoms with E-state index in [0.29, 0.717) is 0 Å². The van der Waals surface area contributed by atoms with Crippen LogP contribution in [0.4, 0.5) is 0 Å². The van der Waals surface area contributed by atoms with Crippen LogP contribution in [-0.4, -0.2) is 23.2 Å². The summed E-state index contributed by atoms with van der Waals surface area (Å²) in [6, 6.07) is 9.52. The molecule has 2 atom stereocenters. The summed E-state index contributed by atoms with van der Waals surface area (Å²) in [6.07, 6.45) is 20.8. The Morgan fingerprint density at radius 1 is 0.867 bits per heavy atom. The molecule has 0 aromatic heterocycles. The number of unbranched alkanes of at least 4 members (excludes halogenated alkanes) is 12. The summed E-state index contributed by atoms with van der Waals surface area (Å²) in [6.45, 7) is 4.15. The van der Waals surface area contributed by atoms with E-state index in [-0.39, 0.29) is 11.9 Å². The fourth-order valence-corrected chi connectivity index (χ4v) is 3.73. The van der Waals surface area contributed by atoms with E-state index >= 15 is 0 Å². The molecule has 30 heavy (non-hydrogen) atoms. The van der Waals surface area contributed by atoms with Crippen LogP contribution in [0.15, 0.2) is 36.4 Å². The highest BCUT2D eigenvalue weighted by Crippen LogP contribution is 2.14. The maximum Gasteiger partial charge on any atom is 0.244 e. The van der Waals surface area contributed by atoms with E-state index in [0.717, 1.165) is 18.4 Å². The van der Waals surface area contributed by atoms with Gasteiger partial charge in [-0.05, 0) is 25.0 Å². The number of amides is 1. The molecule has 0 bridgehead atoms. The molecule has 2 N–H and O–H groups in total. The lowest BCUT2D eigenvalue weighted by molar-refractivity contribution is -0.117. The first kappa shape index (κ1) is 26.4. The molecule has 0 aliphatic heterocycles. The molecular weight excluding hydrogens is 370 g/mol. The molecule has 0 aliphatic rings. The molecule has 0 aliphatic carbocycles. The third-order valence-electron chi connectivity index (χ3n) is 5.78. The Hall–Kier alpha value is -1.61. The first-order valence-corrected chi connectivity index (χ1v) is 12.3. The fraction of sp³-hybridized carbons (Fsp3) is 0.667. The minimum Gasteiger partial charge on any atom is -0.391 e. The zero-order valence-electron chi connectivity index (χ0n) is 19.5. The molecule has 0 unspecified atom stereocenters. The summed E-state index contributed by atoms with van der Waals surface area (Å²) < 4.78 is 0. The Kier molecular flexibility index (Phi) is 16.0. The number of aliphatic hydroxyl groups is 1. The van der Waals surface area contributed by atoms with E-state index in [4.69, 9.17) is 0 Å². The third kappa shape index (κ3) is 14.4. The molecule has 0 saturated carbocycles. The van der Waals surface area contributed by atoms with Gasteiger partial charge in [0.15, 0.2) is 0 Å². The summed E-state index contributed by atoms with van der Waals surface area (Å²) in [5.41, 5.74) is 0.993. The zero-order valence-corrected chi connectivity index (χ0v) is 19.5. The quantitative estimate of drug-likeness (QED) is 0.199. The van der Waals surface area contributed by atoms with Crippen LogP contribution in [0.25, 0.3) is 6.08 Å². The molecule has 170 valence electrons. The molecule has 0 heterocycles. The zero-order chi connectivity index (χ0) is 21.9. The van der Waals surface area contributed by atoms with Gasteiger partial charge in [-0.25, -0.2) is 0 Å². The number of rotatable bonds is 18. The van der Waals surface area contributed by atoms with Crippen LogP contribution in [0.2, 0.25) is 0 Å². The van der Waals surface area contributed by atoms with Gasteiger partial charge >= 0.3 is 0 Å². The Balaban J connectivity index is 1.97. The normalized spacial score (nSPS) is 13.4. The average molecular weight is 416 g/mol. The maximum atomic E-state index is 12.0. The first-order chi connectivity index (χ1) is 14.6. The van der Waals surface area contributed by atoms with Gasteiger partial charge in [0.25, 0.3) is 0 Å². The molecule has 1 aromatic carbocycles. The molecular formula is C27H45NO2. The van der Waals surface area contributed by atoms with Crippen LogP contribution in [0.1, 0.15) is 109 Å². The first-order valence-electron chi connectivity index (χ1n) is 12.3. The van der Waals surface area contributed by atoms with Crippen LogP contribution in [0, 0.1) is 0 Å². The largest absolute Gasteiger partial charge is 0.391 e. The van der Waals surface area contributed by atoms with Crippen molar-refractivity contribution >= 4 is 12.0 Å². The van der Waals surface area contributed by atoms with E-state index in [1.807, 2.05) is 37.3 Å². The van der Waals surface area contributed by atoms with Gasteiger partial charge < -0.3 is 10.4 Å². The number of carbonyl (C=O) groups excluding carboxylic acids is 1. The van der Waals surface area contributed by atoms with E-state index in [2.05, 4.69) is 12.2 Å². The molecule has 0 saturated heterocycles. The number of hydrogen-bond acceptors (Lipinski definition) is 2. The number of benzene rings is 1. The third-order valence-corrected chi connectivity index (χ3v) is 5.78. The van der Waals surface area contributed by atoms with E-state index in [1.165, 1.54) is 83.1 Å². The van der Waals surface area contributed by atoms with Gasteiger partial charge in [-0.1, -0.05) is 121 Å². The molecule has 0 spiro atoms. The van der Waals surface area contributed by atoms with Crippen molar-refractivity contribution in [1.29, 1.82) is 0 Å². The number of carbonyl (C=O) groups is 1. The van der Waals surface area contributed by atoms with Gasteiger partial charge in [-0.2, -0.15) is 0 Å². The second kappa shape index (κ2) is 18.2. The monoisotopic (exact) mass is 415 g/mol. The van der Waals surface area contributed by atoms with E-state index in [9.17, 15) is 9.90 Å². The molecule has 1 amide bonds.